The molecular weight excluding hydrogens is 356 g/mol. The monoisotopic (exact) mass is 374 g/mol. The van der Waals surface area contributed by atoms with Gasteiger partial charge in [0.15, 0.2) is 0 Å². The Labute approximate surface area is 154 Å². The van der Waals surface area contributed by atoms with Crippen LogP contribution in [0.1, 0.15) is 19.4 Å². The highest BCUT2D eigenvalue weighted by Gasteiger charge is 2.29. The van der Waals surface area contributed by atoms with Crippen LogP contribution in [-0.4, -0.2) is 48.1 Å². The molecule has 0 unspecified atom stereocenters. The first-order valence-corrected chi connectivity index (χ1v) is 8.32. The van der Waals surface area contributed by atoms with E-state index in [0.717, 1.165) is 0 Å². The van der Waals surface area contributed by atoms with Crippen molar-refractivity contribution >= 4 is 35.3 Å². The van der Waals surface area contributed by atoms with Crippen LogP contribution in [0.3, 0.4) is 0 Å². The smallest absolute Gasteiger partial charge is 0.328 e. The van der Waals surface area contributed by atoms with Crippen LogP contribution in [-0.2, 0) is 14.3 Å². The Bertz CT molecular complexity index is 833. The lowest BCUT2D eigenvalue weighted by atomic mass is 10.0. The Morgan fingerprint density at radius 2 is 1.74 bits per heavy atom. The van der Waals surface area contributed by atoms with Gasteiger partial charge in [0.05, 0.1) is 17.1 Å². The number of anilines is 1. The number of nitro benzene ring substituents is 1. The average molecular weight is 374 g/mol. The molecule has 0 aromatic heterocycles. The van der Waals surface area contributed by atoms with Gasteiger partial charge in [-0.1, -0.05) is 0 Å². The molecule has 1 aromatic rings. The third-order valence-corrected chi connectivity index (χ3v) is 4.23. The molecule has 0 saturated carbocycles. The summed E-state index contributed by atoms with van der Waals surface area (Å²) < 4.78 is 5.70. The SMILES string of the molecule is C[C@@H]1CN(c2ccc([N+](=O)[O-])cc2C=C2C(=O)NC(=O)NC2=O)C[C@H](C)O1. The van der Waals surface area contributed by atoms with Gasteiger partial charge in [-0.15, -0.1) is 0 Å². The largest absolute Gasteiger partial charge is 0.372 e. The first-order chi connectivity index (χ1) is 12.7. The zero-order chi connectivity index (χ0) is 19.7. The summed E-state index contributed by atoms with van der Waals surface area (Å²) in [5, 5.41) is 15.1. The maximum atomic E-state index is 12.0. The summed E-state index contributed by atoms with van der Waals surface area (Å²) in [7, 11) is 0. The molecular formula is C17H18N4O6. The van der Waals surface area contributed by atoms with Gasteiger partial charge in [-0.2, -0.15) is 0 Å². The third-order valence-electron chi connectivity index (χ3n) is 4.23. The van der Waals surface area contributed by atoms with Gasteiger partial charge >= 0.3 is 6.03 Å². The van der Waals surface area contributed by atoms with Gasteiger partial charge in [-0.05, 0) is 26.0 Å². The molecule has 2 aliphatic heterocycles. The maximum Gasteiger partial charge on any atom is 0.328 e. The Kier molecular flexibility index (Phi) is 4.91. The fourth-order valence-corrected chi connectivity index (χ4v) is 3.20. The topological polar surface area (TPSA) is 131 Å². The lowest BCUT2D eigenvalue weighted by molar-refractivity contribution is -0.384. The lowest BCUT2D eigenvalue weighted by Gasteiger charge is -2.37. The number of imide groups is 2. The van der Waals surface area contributed by atoms with Crippen LogP contribution >= 0.6 is 0 Å². The number of morpholine rings is 1. The van der Waals surface area contributed by atoms with E-state index in [-0.39, 0.29) is 23.5 Å². The molecule has 0 radical (unpaired) electrons. The van der Waals surface area contributed by atoms with Gasteiger partial charge in [0.1, 0.15) is 5.57 Å². The minimum absolute atomic E-state index is 0.0525. The van der Waals surface area contributed by atoms with Crippen LogP contribution in [0.25, 0.3) is 6.08 Å². The standard InChI is InChI=1S/C17H18N4O6/c1-9-7-20(8-10(2)27-9)14-4-3-12(21(25)26)5-11(14)6-13-15(22)18-17(24)19-16(13)23/h3-6,9-10H,7-8H2,1-2H3,(H2,18,19,22,23,24)/t9-,10+. The maximum absolute atomic E-state index is 12.0. The van der Waals surface area contributed by atoms with E-state index in [9.17, 15) is 24.5 Å². The second-order valence-electron chi connectivity index (χ2n) is 6.46. The van der Waals surface area contributed by atoms with Crippen LogP contribution in [0.4, 0.5) is 16.2 Å². The van der Waals surface area contributed by atoms with Crippen LogP contribution in [0.5, 0.6) is 0 Å². The Morgan fingerprint density at radius 3 is 2.30 bits per heavy atom. The molecule has 0 spiro atoms. The van der Waals surface area contributed by atoms with Crippen molar-refractivity contribution < 1.29 is 24.0 Å². The molecule has 1 aromatic carbocycles. The Balaban J connectivity index is 2.06. The van der Waals surface area contributed by atoms with Gasteiger partial charge in [0.2, 0.25) is 0 Å². The number of nitrogens with zero attached hydrogens (tertiary/aromatic N) is 2. The number of rotatable bonds is 3. The Morgan fingerprint density at radius 1 is 1.15 bits per heavy atom. The molecule has 2 heterocycles. The molecule has 0 aliphatic carbocycles. The molecule has 4 amide bonds. The van der Waals surface area contributed by atoms with E-state index in [0.29, 0.717) is 24.3 Å². The molecule has 2 fully saturated rings. The van der Waals surface area contributed by atoms with Crippen LogP contribution in [0.15, 0.2) is 23.8 Å². The molecule has 3 rings (SSSR count). The molecule has 0 bridgehead atoms. The summed E-state index contributed by atoms with van der Waals surface area (Å²) in [5.74, 6) is -1.71. The number of benzene rings is 1. The Hall–Kier alpha value is -3.27. The number of hydrogen-bond acceptors (Lipinski definition) is 7. The number of carbonyl (C=O) groups is 3. The summed E-state index contributed by atoms with van der Waals surface area (Å²) in [6.45, 7) is 4.93. The third kappa shape index (κ3) is 3.95. The summed E-state index contributed by atoms with van der Waals surface area (Å²) >= 11 is 0. The number of ether oxygens (including phenoxy) is 1. The summed E-state index contributed by atoms with van der Waals surface area (Å²) in [4.78, 5) is 47.8. The van der Waals surface area contributed by atoms with Crippen molar-refractivity contribution in [3.63, 3.8) is 0 Å². The minimum atomic E-state index is -0.905. The minimum Gasteiger partial charge on any atom is -0.372 e. The second-order valence-corrected chi connectivity index (χ2v) is 6.46. The van der Waals surface area contributed by atoms with Crippen LogP contribution < -0.4 is 15.5 Å². The molecule has 2 atom stereocenters. The van der Waals surface area contributed by atoms with Crippen molar-refractivity contribution in [1.29, 1.82) is 0 Å². The van der Waals surface area contributed by atoms with E-state index >= 15 is 0 Å². The molecule has 2 aliphatic rings. The normalized spacial score (nSPS) is 23.0. The first kappa shape index (κ1) is 18.5. The van der Waals surface area contributed by atoms with E-state index < -0.39 is 22.8 Å². The van der Waals surface area contributed by atoms with Crippen molar-refractivity contribution in [2.24, 2.45) is 0 Å². The molecule has 142 valence electrons. The second kappa shape index (κ2) is 7.16. The number of urea groups is 1. The predicted molar refractivity (Wildman–Crippen MR) is 95.0 cm³/mol. The van der Waals surface area contributed by atoms with E-state index in [4.69, 9.17) is 4.74 Å². The van der Waals surface area contributed by atoms with E-state index in [2.05, 4.69) is 0 Å². The highest BCUT2D eigenvalue weighted by molar-refractivity contribution is 6.31. The van der Waals surface area contributed by atoms with Gasteiger partial charge in [-0.3, -0.25) is 30.3 Å². The van der Waals surface area contributed by atoms with Gasteiger partial charge in [-0.25, -0.2) is 4.79 Å². The van der Waals surface area contributed by atoms with Gasteiger partial charge < -0.3 is 9.64 Å². The molecule has 2 saturated heterocycles. The summed E-state index contributed by atoms with van der Waals surface area (Å²) in [6, 6.07) is 3.34. The van der Waals surface area contributed by atoms with Crippen molar-refractivity contribution in [1.82, 2.24) is 10.6 Å². The van der Waals surface area contributed by atoms with Gasteiger partial charge in [0.25, 0.3) is 17.5 Å². The summed E-state index contributed by atoms with van der Waals surface area (Å²) in [5.41, 5.74) is 0.492. The number of nitro groups is 1. The molecule has 10 heteroatoms. The quantitative estimate of drug-likeness (QED) is 0.349. The zero-order valence-corrected chi connectivity index (χ0v) is 14.7. The van der Waals surface area contributed by atoms with Crippen LogP contribution in [0, 0.1) is 10.1 Å². The fraction of sp³-hybridized carbons (Fsp3) is 0.353. The van der Waals surface area contributed by atoms with Crippen molar-refractivity contribution in [3.8, 4) is 0 Å². The van der Waals surface area contributed by atoms with E-state index in [1.54, 1.807) is 6.07 Å². The summed E-state index contributed by atoms with van der Waals surface area (Å²) in [6.07, 6.45) is 1.15. The van der Waals surface area contributed by atoms with Gasteiger partial charge in [0, 0.05) is 36.5 Å². The number of nitrogens with one attached hydrogen (secondary N) is 2. The highest BCUT2D eigenvalue weighted by atomic mass is 16.6. The van der Waals surface area contributed by atoms with Crippen molar-refractivity contribution in [2.45, 2.75) is 26.1 Å². The van der Waals surface area contributed by atoms with E-state index in [1.165, 1.54) is 18.2 Å². The van der Waals surface area contributed by atoms with Crippen LogP contribution in [0.2, 0.25) is 0 Å². The zero-order valence-electron chi connectivity index (χ0n) is 14.7. The number of amides is 4. The average Bonchev–Trinajstić information content (AvgIpc) is 2.57. The number of carbonyl (C=O) groups excluding carboxylic acids is 3. The fourth-order valence-electron chi connectivity index (χ4n) is 3.20. The molecule has 2 N–H and O–H groups in total. The van der Waals surface area contributed by atoms with Crippen molar-refractivity contribution in [2.75, 3.05) is 18.0 Å². The highest BCUT2D eigenvalue weighted by Crippen LogP contribution is 2.30. The molecule has 27 heavy (non-hydrogen) atoms. The number of hydrogen-bond donors (Lipinski definition) is 2. The number of barbiturate groups is 1. The predicted octanol–water partition coefficient (Wildman–Crippen LogP) is 0.958. The van der Waals surface area contributed by atoms with E-state index in [1.807, 2.05) is 29.4 Å². The molecule has 10 nitrogen and oxygen atoms in total. The lowest BCUT2D eigenvalue weighted by Crippen LogP contribution is -2.51. The first-order valence-electron chi connectivity index (χ1n) is 8.32. The van der Waals surface area contributed by atoms with Crippen molar-refractivity contribution in [3.05, 3.63) is 39.4 Å². The number of non-ortho nitro benzene ring substituents is 1.